The van der Waals surface area contributed by atoms with Gasteiger partial charge in [-0.3, -0.25) is 9.80 Å². The fourth-order valence-electron chi connectivity index (χ4n) is 5.85. The number of piperazine rings is 1. The van der Waals surface area contributed by atoms with Gasteiger partial charge in [-0.15, -0.1) is 0 Å². The molecule has 0 N–H and O–H groups in total. The van der Waals surface area contributed by atoms with E-state index >= 15 is 0 Å². The van der Waals surface area contributed by atoms with Crippen molar-refractivity contribution in [3.63, 3.8) is 0 Å². The summed E-state index contributed by atoms with van der Waals surface area (Å²) in [6.45, 7) is 11.7. The number of hydrogen-bond donors (Lipinski definition) is 0. The Kier molecular flexibility index (Phi) is 6.79. The molecule has 176 valence electrons. The predicted molar refractivity (Wildman–Crippen MR) is 130 cm³/mol. The molecule has 0 unspecified atom stereocenters. The van der Waals surface area contributed by atoms with Gasteiger partial charge < -0.3 is 4.90 Å². The van der Waals surface area contributed by atoms with E-state index in [1.54, 1.807) is 0 Å². The first-order valence-corrected chi connectivity index (χ1v) is 12.5. The van der Waals surface area contributed by atoms with Crippen molar-refractivity contribution in [2.75, 3.05) is 39.3 Å². The van der Waals surface area contributed by atoms with Gasteiger partial charge in [-0.2, -0.15) is 0 Å². The molecule has 0 atom stereocenters. The molecule has 1 saturated heterocycles. The van der Waals surface area contributed by atoms with Crippen LogP contribution in [0.3, 0.4) is 0 Å². The zero-order valence-electron chi connectivity index (χ0n) is 19.5. The minimum absolute atomic E-state index is 0.535. The van der Waals surface area contributed by atoms with E-state index in [0.29, 0.717) is 5.56 Å². The summed E-state index contributed by atoms with van der Waals surface area (Å²) in [7, 11) is 0. The molecule has 2 heterocycles. The SMILES string of the molecule is C=C(CN1CCc2cc(-c3cc(F)cc(F)c3)ccc2C1)N1CCN(C2CCCCC2)CC1. The van der Waals surface area contributed by atoms with Gasteiger partial charge in [-0.25, -0.2) is 8.78 Å². The molecule has 0 bridgehead atoms. The number of nitrogens with zero attached hydrogens (tertiary/aromatic N) is 3. The van der Waals surface area contributed by atoms with Gasteiger partial charge in [0.05, 0.1) is 0 Å². The van der Waals surface area contributed by atoms with Crippen LogP contribution in [0.1, 0.15) is 43.2 Å². The summed E-state index contributed by atoms with van der Waals surface area (Å²) in [5.41, 5.74) is 5.28. The number of benzene rings is 2. The van der Waals surface area contributed by atoms with E-state index in [9.17, 15) is 8.78 Å². The minimum Gasteiger partial charge on any atom is -0.372 e. The van der Waals surface area contributed by atoms with Crippen LogP contribution in [0, 0.1) is 11.6 Å². The van der Waals surface area contributed by atoms with Crippen LogP contribution in [0.5, 0.6) is 0 Å². The Morgan fingerprint density at radius 3 is 2.27 bits per heavy atom. The van der Waals surface area contributed by atoms with Gasteiger partial charge in [0, 0.05) is 63.6 Å². The molecule has 0 spiro atoms. The summed E-state index contributed by atoms with van der Waals surface area (Å²) < 4.78 is 27.3. The highest BCUT2D eigenvalue weighted by atomic mass is 19.1. The second-order valence-corrected chi connectivity index (χ2v) is 9.98. The lowest BCUT2D eigenvalue weighted by molar-refractivity contribution is 0.0894. The van der Waals surface area contributed by atoms with Crippen molar-refractivity contribution in [2.24, 2.45) is 0 Å². The van der Waals surface area contributed by atoms with Crippen molar-refractivity contribution in [3.05, 3.63) is 71.4 Å². The first-order valence-electron chi connectivity index (χ1n) is 12.5. The molecule has 0 amide bonds. The van der Waals surface area contributed by atoms with Crippen molar-refractivity contribution < 1.29 is 8.78 Å². The minimum atomic E-state index is -0.535. The highest BCUT2D eigenvalue weighted by Gasteiger charge is 2.26. The molecule has 1 saturated carbocycles. The van der Waals surface area contributed by atoms with Crippen molar-refractivity contribution >= 4 is 0 Å². The summed E-state index contributed by atoms with van der Waals surface area (Å²) in [5, 5.41) is 0. The van der Waals surface area contributed by atoms with E-state index in [0.717, 1.165) is 69.9 Å². The van der Waals surface area contributed by atoms with Crippen LogP contribution in [-0.4, -0.2) is 60.0 Å². The van der Waals surface area contributed by atoms with Crippen LogP contribution in [0.4, 0.5) is 8.78 Å². The number of rotatable bonds is 5. The van der Waals surface area contributed by atoms with Crippen LogP contribution in [0.25, 0.3) is 11.1 Å². The van der Waals surface area contributed by atoms with E-state index in [1.807, 2.05) is 6.07 Å². The third-order valence-electron chi connectivity index (χ3n) is 7.75. The molecule has 0 aromatic heterocycles. The maximum Gasteiger partial charge on any atom is 0.126 e. The normalized spacial score (nSPS) is 20.6. The van der Waals surface area contributed by atoms with Crippen LogP contribution in [0.2, 0.25) is 0 Å². The Morgan fingerprint density at radius 2 is 1.55 bits per heavy atom. The van der Waals surface area contributed by atoms with E-state index in [2.05, 4.69) is 33.4 Å². The lowest BCUT2D eigenvalue weighted by Gasteiger charge is -2.43. The van der Waals surface area contributed by atoms with E-state index in [-0.39, 0.29) is 0 Å². The molecule has 3 nitrogen and oxygen atoms in total. The first kappa shape index (κ1) is 22.5. The molecule has 2 aliphatic heterocycles. The number of halogens is 2. The number of fused-ring (bicyclic) bond motifs is 1. The van der Waals surface area contributed by atoms with Crippen molar-refractivity contribution in [1.29, 1.82) is 0 Å². The summed E-state index contributed by atoms with van der Waals surface area (Å²) >= 11 is 0. The first-order chi connectivity index (χ1) is 16.0. The van der Waals surface area contributed by atoms with Crippen LogP contribution in [0.15, 0.2) is 48.7 Å². The molecular weight excluding hydrogens is 416 g/mol. The van der Waals surface area contributed by atoms with Gasteiger partial charge in [0.1, 0.15) is 11.6 Å². The van der Waals surface area contributed by atoms with Gasteiger partial charge in [0.2, 0.25) is 0 Å². The van der Waals surface area contributed by atoms with Crippen molar-refractivity contribution in [1.82, 2.24) is 14.7 Å². The molecule has 2 aromatic carbocycles. The summed E-state index contributed by atoms with van der Waals surface area (Å²) in [6.07, 6.45) is 7.91. The fourth-order valence-corrected chi connectivity index (χ4v) is 5.85. The Bertz CT molecular complexity index is 970. The molecule has 5 rings (SSSR count). The second-order valence-electron chi connectivity index (χ2n) is 9.98. The zero-order valence-corrected chi connectivity index (χ0v) is 19.5. The third kappa shape index (κ3) is 5.30. The largest absolute Gasteiger partial charge is 0.372 e. The van der Waals surface area contributed by atoms with Gasteiger partial charge in [0.15, 0.2) is 0 Å². The Labute approximate surface area is 196 Å². The predicted octanol–water partition coefficient (Wildman–Crippen LogP) is 5.45. The Balaban J connectivity index is 1.16. The molecule has 1 aliphatic carbocycles. The standard InChI is InChI=1S/C28H35F2N3/c1-21(32-11-13-33(14-12-32)28-5-3-2-4-6-28)19-31-10-9-23-15-22(7-8-24(23)20-31)25-16-26(29)18-27(30)17-25/h7-8,15-18,28H,1-6,9-14,19-20H2. The summed E-state index contributed by atoms with van der Waals surface area (Å²) in [4.78, 5) is 7.66. The maximum absolute atomic E-state index is 13.6. The highest BCUT2D eigenvalue weighted by Crippen LogP contribution is 2.28. The van der Waals surface area contributed by atoms with Crippen LogP contribution < -0.4 is 0 Å². The zero-order chi connectivity index (χ0) is 22.8. The van der Waals surface area contributed by atoms with Gasteiger partial charge in [0.25, 0.3) is 0 Å². The Hall–Kier alpha value is -2.24. The van der Waals surface area contributed by atoms with E-state index in [4.69, 9.17) is 0 Å². The molecular formula is C28H35F2N3. The van der Waals surface area contributed by atoms with Gasteiger partial charge >= 0.3 is 0 Å². The average Bonchev–Trinajstić information content (AvgIpc) is 2.84. The molecule has 0 radical (unpaired) electrons. The lowest BCUT2D eigenvalue weighted by atomic mass is 9.93. The summed E-state index contributed by atoms with van der Waals surface area (Å²) in [5.74, 6) is -1.07. The molecule has 2 fully saturated rings. The smallest absolute Gasteiger partial charge is 0.126 e. The highest BCUT2D eigenvalue weighted by molar-refractivity contribution is 5.65. The van der Waals surface area contributed by atoms with E-state index in [1.165, 1.54) is 61.1 Å². The quantitative estimate of drug-likeness (QED) is 0.598. The molecule has 2 aromatic rings. The van der Waals surface area contributed by atoms with Crippen LogP contribution >= 0.6 is 0 Å². The molecule has 5 heteroatoms. The summed E-state index contributed by atoms with van der Waals surface area (Å²) in [6, 6.07) is 10.7. The molecule has 33 heavy (non-hydrogen) atoms. The third-order valence-corrected chi connectivity index (χ3v) is 7.75. The monoisotopic (exact) mass is 451 g/mol. The lowest BCUT2D eigenvalue weighted by Crippen LogP contribution is -2.51. The fraction of sp³-hybridized carbons (Fsp3) is 0.500. The van der Waals surface area contributed by atoms with E-state index < -0.39 is 11.6 Å². The average molecular weight is 452 g/mol. The molecule has 3 aliphatic rings. The van der Waals surface area contributed by atoms with Gasteiger partial charge in [-0.05, 0) is 53.6 Å². The van der Waals surface area contributed by atoms with Gasteiger partial charge in [-0.1, -0.05) is 44.0 Å². The Morgan fingerprint density at radius 1 is 0.818 bits per heavy atom. The van der Waals surface area contributed by atoms with Crippen molar-refractivity contribution in [3.8, 4) is 11.1 Å². The number of hydrogen-bond acceptors (Lipinski definition) is 3. The van der Waals surface area contributed by atoms with Crippen molar-refractivity contribution in [2.45, 2.75) is 51.1 Å². The second kappa shape index (κ2) is 9.94. The maximum atomic E-state index is 13.6. The van der Waals surface area contributed by atoms with Crippen LogP contribution in [-0.2, 0) is 13.0 Å². The topological polar surface area (TPSA) is 9.72 Å².